The molecule has 0 amide bonds. The van der Waals surface area contributed by atoms with Crippen molar-refractivity contribution in [2.45, 2.75) is 56.1 Å². The molecule has 3 rings (SSSR count). The number of phenolic OH excluding ortho intramolecular Hbond substituents is 1. The Hall–Kier alpha value is -1.59. The maximum absolute atomic E-state index is 12.3. The van der Waals surface area contributed by atoms with Crippen LogP contribution in [0.25, 0.3) is 0 Å². The summed E-state index contributed by atoms with van der Waals surface area (Å²) in [5, 5.41) is 25.6. The van der Waals surface area contributed by atoms with E-state index in [9.17, 15) is 15.0 Å². The van der Waals surface area contributed by atoms with E-state index < -0.39 is 11.0 Å². The van der Waals surface area contributed by atoms with E-state index in [1.54, 1.807) is 6.07 Å². The lowest BCUT2D eigenvalue weighted by Gasteiger charge is -2.57. The molecule has 3 N–H and O–H groups in total. The van der Waals surface area contributed by atoms with Crippen molar-refractivity contribution in [1.82, 2.24) is 5.32 Å². The number of Topliss-reactive ketones (excluding diaryl/α,β-unsaturated/α-hetero) is 1. The number of ketones is 1. The lowest BCUT2D eigenvalue weighted by atomic mass is 9.51. The zero-order chi connectivity index (χ0) is 16.8. The third-order valence-electron chi connectivity index (χ3n) is 5.99. The molecule has 0 aromatic heterocycles. The molecule has 1 saturated carbocycles. The van der Waals surface area contributed by atoms with Crippen molar-refractivity contribution < 1.29 is 19.7 Å². The number of benzene rings is 1. The molecule has 0 aliphatic heterocycles. The van der Waals surface area contributed by atoms with Crippen LogP contribution in [0.5, 0.6) is 11.5 Å². The Morgan fingerprint density at radius 1 is 1.43 bits per heavy atom. The minimum Gasteiger partial charge on any atom is -0.504 e. The standard InChI is InChI=1S/C18H25NO4/c1-4-17-10-12(20)7-8-18(17,22)14(19-2)9-11-5-6-13(23-3)16(21)15(11)17/h5-6,14,19,21-22H,4,7-10H2,1-3H3/t14-,17-,18-/m1/s1. The van der Waals surface area contributed by atoms with Crippen LogP contribution in [0.2, 0.25) is 0 Å². The van der Waals surface area contributed by atoms with Crippen molar-refractivity contribution in [2.24, 2.45) is 0 Å². The van der Waals surface area contributed by atoms with Crippen molar-refractivity contribution in [3.63, 3.8) is 0 Å². The molecule has 0 spiro atoms. The number of methoxy groups -OCH3 is 1. The molecule has 0 saturated heterocycles. The Morgan fingerprint density at radius 3 is 2.78 bits per heavy atom. The summed E-state index contributed by atoms with van der Waals surface area (Å²) >= 11 is 0. The summed E-state index contributed by atoms with van der Waals surface area (Å²) in [6.45, 7) is 1.98. The van der Waals surface area contributed by atoms with Gasteiger partial charge in [0.15, 0.2) is 11.5 Å². The smallest absolute Gasteiger partial charge is 0.161 e. The van der Waals surface area contributed by atoms with Gasteiger partial charge in [-0.1, -0.05) is 13.0 Å². The van der Waals surface area contributed by atoms with Crippen LogP contribution < -0.4 is 10.1 Å². The third kappa shape index (κ3) is 2.03. The maximum Gasteiger partial charge on any atom is 0.161 e. The van der Waals surface area contributed by atoms with Crippen molar-refractivity contribution in [1.29, 1.82) is 0 Å². The van der Waals surface area contributed by atoms with Crippen molar-refractivity contribution in [3.8, 4) is 11.5 Å². The first-order valence-electron chi connectivity index (χ1n) is 8.24. The fourth-order valence-corrected chi connectivity index (χ4v) is 4.78. The highest BCUT2D eigenvalue weighted by Crippen LogP contribution is 2.57. The van der Waals surface area contributed by atoms with Gasteiger partial charge in [-0.15, -0.1) is 0 Å². The average Bonchev–Trinajstić information content (AvgIpc) is 2.55. The molecule has 0 unspecified atom stereocenters. The number of nitrogens with one attached hydrogen (secondary N) is 1. The summed E-state index contributed by atoms with van der Waals surface area (Å²) in [6, 6.07) is 3.55. The number of carbonyl (C=O) groups excluding carboxylic acids is 1. The average molecular weight is 319 g/mol. The molecular formula is C18H25NO4. The van der Waals surface area contributed by atoms with Gasteiger partial charge in [-0.25, -0.2) is 0 Å². The van der Waals surface area contributed by atoms with Gasteiger partial charge in [-0.3, -0.25) is 4.79 Å². The lowest BCUT2D eigenvalue weighted by Crippen LogP contribution is -2.68. The first kappa shape index (κ1) is 16.3. The van der Waals surface area contributed by atoms with Crippen molar-refractivity contribution in [3.05, 3.63) is 23.3 Å². The first-order valence-corrected chi connectivity index (χ1v) is 8.24. The van der Waals surface area contributed by atoms with Gasteiger partial charge in [-0.2, -0.15) is 0 Å². The Bertz CT molecular complexity index is 644. The molecule has 2 aliphatic carbocycles. The molecule has 1 aromatic rings. The summed E-state index contributed by atoms with van der Waals surface area (Å²) in [6.07, 6.45) is 2.26. The van der Waals surface area contributed by atoms with Crippen LogP contribution in [0.3, 0.4) is 0 Å². The van der Waals surface area contributed by atoms with Gasteiger partial charge in [0.05, 0.1) is 12.7 Å². The highest BCUT2D eigenvalue weighted by molar-refractivity contribution is 5.83. The second-order valence-corrected chi connectivity index (χ2v) is 6.77. The number of fused-ring (bicyclic) bond motifs is 3. The Labute approximate surface area is 136 Å². The van der Waals surface area contributed by atoms with Crippen LogP contribution in [-0.4, -0.2) is 41.8 Å². The van der Waals surface area contributed by atoms with Crippen LogP contribution in [0.4, 0.5) is 0 Å². The molecule has 5 nitrogen and oxygen atoms in total. The van der Waals surface area contributed by atoms with Crippen LogP contribution in [0, 0.1) is 0 Å². The van der Waals surface area contributed by atoms with E-state index in [-0.39, 0.29) is 24.0 Å². The minimum atomic E-state index is -1.05. The van der Waals surface area contributed by atoms with Gasteiger partial charge in [0.2, 0.25) is 0 Å². The van der Waals surface area contributed by atoms with Gasteiger partial charge in [0.25, 0.3) is 0 Å². The second kappa shape index (κ2) is 5.49. The van der Waals surface area contributed by atoms with Crippen molar-refractivity contribution in [2.75, 3.05) is 14.2 Å². The quantitative estimate of drug-likeness (QED) is 0.790. The molecular weight excluding hydrogens is 294 g/mol. The maximum atomic E-state index is 12.3. The van der Waals surface area contributed by atoms with E-state index in [4.69, 9.17) is 4.74 Å². The highest BCUT2D eigenvalue weighted by Gasteiger charge is 2.61. The molecule has 0 bridgehead atoms. The number of phenols is 1. The molecule has 1 fully saturated rings. The summed E-state index contributed by atoms with van der Waals surface area (Å²) in [5.41, 5.74) is -0.158. The Balaban J connectivity index is 2.31. The molecule has 126 valence electrons. The second-order valence-electron chi connectivity index (χ2n) is 6.77. The normalized spacial score (nSPS) is 33.0. The van der Waals surface area contributed by atoms with Gasteiger partial charge in [0.1, 0.15) is 5.78 Å². The van der Waals surface area contributed by atoms with Gasteiger partial charge >= 0.3 is 0 Å². The van der Waals surface area contributed by atoms with Crippen molar-refractivity contribution >= 4 is 5.78 Å². The fourth-order valence-electron chi connectivity index (χ4n) is 4.78. The lowest BCUT2D eigenvalue weighted by molar-refractivity contribution is -0.142. The molecule has 3 atom stereocenters. The van der Waals surface area contributed by atoms with Crippen LogP contribution >= 0.6 is 0 Å². The van der Waals surface area contributed by atoms with E-state index in [1.807, 2.05) is 20.0 Å². The van der Waals surface area contributed by atoms with Crippen LogP contribution in [-0.2, 0) is 16.6 Å². The Kier molecular flexibility index (Phi) is 3.89. The number of rotatable bonds is 3. The SMILES string of the molecule is CC[C@]12CC(=O)CC[C@@]1(O)[C@H](NC)Cc1ccc(OC)c(O)c12. The number of aliphatic hydroxyl groups is 1. The highest BCUT2D eigenvalue weighted by atomic mass is 16.5. The van der Waals surface area contributed by atoms with Crippen LogP contribution in [0.15, 0.2) is 12.1 Å². The van der Waals surface area contributed by atoms with Gasteiger partial charge in [0, 0.05) is 29.9 Å². The number of hydrogen-bond donors (Lipinski definition) is 3. The topological polar surface area (TPSA) is 78.8 Å². The van der Waals surface area contributed by atoms with E-state index in [2.05, 4.69) is 5.32 Å². The number of likely N-dealkylation sites (N-methyl/N-ethyl adjacent to an activating group) is 1. The fraction of sp³-hybridized carbons (Fsp3) is 0.611. The molecule has 0 radical (unpaired) electrons. The number of aromatic hydroxyl groups is 1. The third-order valence-corrected chi connectivity index (χ3v) is 5.99. The van der Waals surface area contributed by atoms with Gasteiger partial charge < -0.3 is 20.3 Å². The summed E-state index contributed by atoms with van der Waals surface area (Å²) in [4.78, 5) is 12.3. The first-order chi connectivity index (χ1) is 10.9. The van der Waals surface area contributed by atoms with E-state index in [0.717, 1.165) is 5.56 Å². The number of carbonyl (C=O) groups is 1. The van der Waals surface area contributed by atoms with E-state index in [1.165, 1.54) is 7.11 Å². The molecule has 5 heteroatoms. The number of ether oxygens (including phenoxy) is 1. The predicted octanol–water partition coefficient (Wildman–Crippen LogP) is 1.68. The zero-order valence-corrected chi connectivity index (χ0v) is 14.0. The monoisotopic (exact) mass is 319 g/mol. The minimum absolute atomic E-state index is 0.0644. The zero-order valence-electron chi connectivity index (χ0n) is 14.0. The summed E-state index contributed by atoms with van der Waals surface area (Å²) in [7, 11) is 3.35. The van der Waals surface area contributed by atoms with Gasteiger partial charge in [-0.05, 0) is 37.9 Å². The number of hydrogen-bond acceptors (Lipinski definition) is 5. The van der Waals surface area contributed by atoms with E-state index >= 15 is 0 Å². The molecule has 1 aromatic carbocycles. The summed E-state index contributed by atoms with van der Waals surface area (Å²) < 4.78 is 5.26. The molecule has 2 aliphatic rings. The molecule has 0 heterocycles. The summed E-state index contributed by atoms with van der Waals surface area (Å²) in [5.74, 6) is 0.593. The largest absolute Gasteiger partial charge is 0.504 e. The molecule has 23 heavy (non-hydrogen) atoms. The van der Waals surface area contributed by atoms with Crippen LogP contribution in [0.1, 0.15) is 43.7 Å². The van der Waals surface area contributed by atoms with E-state index in [0.29, 0.717) is 37.0 Å². The Morgan fingerprint density at radius 2 is 2.17 bits per heavy atom. The predicted molar refractivity (Wildman–Crippen MR) is 87.0 cm³/mol.